The lowest BCUT2D eigenvalue weighted by Gasteiger charge is -2.43. The highest BCUT2D eigenvalue weighted by atomic mass is 16.6. The average molecular weight is 266 g/mol. The Balaban J connectivity index is 2.69. The van der Waals surface area contributed by atoms with Crippen molar-refractivity contribution in [1.29, 1.82) is 0 Å². The lowest BCUT2D eigenvalue weighted by atomic mass is 10.1. The van der Waals surface area contributed by atoms with E-state index < -0.39 is 17.7 Å². The quantitative estimate of drug-likeness (QED) is 0.563. The normalized spacial score (nSPS) is 18.6. The Morgan fingerprint density at radius 3 is 2.53 bits per heavy atom. The Labute approximate surface area is 114 Å². The summed E-state index contributed by atoms with van der Waals surface area (Å²) >= 11 is 0. The lowest BCUT2D eigenvalue weighted by Crippen LogP contribution is -2.65. The van der Waals surface area contributed by atoms with Gasteiger partial charge in [-0.25, -0.2) is 4.79 Å². The van der Waals surface area contributed by atoms with Gasteiger partial charge in [0.15, 0.2) is 0 Å². The van der Waals surface area contributed by atoms with Gasteiger partial charge in [-0.2, -0.15) is 0 Å². The molecule has 1 heterocycles. The van der Waals surface area contributed by atoms with E-state index in [4.69, 9.17) is 4.74 Å². The smallest absolute Gasteiger partial charge is 0.411 e. The molecule has 1 aliphatic heterocycles. The number of likely N-dealkylation sites (tertiary alicyclic amines) is 1. The van der Waals surface area contributed by atoms with E-state index >= 15 is 0 Å². The predicted molar refractivity (Wildman–Crippen MR) is 73.7 cm³/mol. The maximum absolute atomic E-state index is 12.1. The van der Waals surface area contributed by atoms with E-state index in [1.807, 2.05) is 0 Å². The minimum atomic E-state index is -0.579. The van der Waals surface area contributed by atoms with Crippen molar-refractivity contribution in [1.82, 2.24) is 9.80 Å². The van der Waals surface area contributed by atoms with Gasteiger partial charge in [0, 0.05) is 13.1 Å². The third kappa shape index (κ3) is 3.84. The maximum Gasteiger partial charge on any atom is 0.411 e. The van der Waals surface area contributed by atoms with Crippen molar-refractivity contribution in [3.8, 4) is 0 Å². The van der Waals surface area contributed by atoms with Crippen LogP contribution in [0.15, 0.2) is 25.3 Å². The molecular formula is C14H22N2O3. The third-order valence-electron chi connectivity index (χ3n) is 2.67. The Kier molecular flexibility index (Phi) is 4.75. The average Bonchev–Trinajstić information content (AvgIpc) is 2.29. The third-order valence-corrected chi connectivity index (χ3v) is 2.67. The molecule has 1 fully saturated rings. The molecule has 0 unspecified atom stereocenters. The van der Waals surface area contributed by atoms with Gasteiger partial charge in [0.25, 0.3) is 0 Å². The van der Waals surface area contributed by atoms with Crippen LogP contribution in [0.5, 0.6) is 0 Å². The van der Waals surface area contributed by atoms with Crippen LogP contribution >= 0.6 is 0 Å². The summed E-state index contributed by atoms with van der Waals surface area (Å²) in [5.74, 6) is -0.0763. The molecule has 5 nitrogen and oxygen atoms in total. The van der Waals surface area contributed by atoms with Crippen LogP contribution in [0.2, 0.25) is 0 Å². The van der Waals surface area contributed by atoms with Gasteiger partial charge in [-0.05, 0) is 20.8 Å². The Morgan fingerprint density at radius 2 is 2.11 bits per heavy atom. The number of β-lactam (4-membered cyclic amide) rings is 1. The van der Waals surface area contributed by atoms with Gasteiger partial charge in [-0.1, -0.05) is 12.2 Å². The predicted octanol–water partition coefficient (Wildman–Crippen LogP) is 1.81. The number of hydrogen-bond donors (Lipinski definition) is 0. The van der Waals surface area contributed by atoms with Crippen LogP contribution in [0.3, 0.4) is 0 Å². The highest BCUT2D eigenvalue weighted by Crippen LogP contribution is 2.19. The zero-order chi connectivity index (χ0) is 14.6. The molecule has 1 saturated heterocycles. The molecule has 0 aliphatic carbocycles. The molecule has 5 heteroatoms. The van der Waals surface area contributed by atoms with Crippen LogP contribution in [-0.2, 0) is 9.53 Å². The molecule has 2 amide bonds. The first-order valence-electron chi connectivity index (χ1n) is 6.30. The summed E-state index contributed by atoms with van der Waals surface area (Å²) in [6, 6.07) is -0.451. The second-order valence-electron chi connectivity index (χ2n) is 5.47. The summed E-state index contributed by atoms with van der Waals surface area (Å²) in [4.78, 5) is 27.0. The first kappa shape index (κ1) is 15.3. The van der Waals surface area contributed by atoms with E-state index in [0.29, 0.717) is 19.6 Å². The van der Waals surface area contributed by atoms with Crippen molar-refractivity contribution in [3.05, 3.63) is 25.3 Å². The highest BCUT2D eigenvalue weighted by Gasteiger charge is 2.43. The monoisotopic (exact) mass is 266 g/mol. The van der Waals surface area contributed by atoms with E-state index in [-0.39, 0.29) is 5.91 Å². The number of carbonyl (C=O) groups is 2. The summed E-state index contributed by atoms with van der Waals surface area (Å²) in [6.45, 7) is 13.9. The highest BCUT2D eigenvalue weighted by molar-refractivity contribution is 5.91. The van der Waals surface area contributed by atoms with E-state index in [0.717, 1.165) is 0 Å². The van der Waals surface area contributed by atoms with Crippen LogP contribution < -0.4 is 0 Å². The van der Waals surface area contributed by atoms with Gasteiger partial charge in [0.1, 0.15) is 11.6 Å². The van der Waals surface area contributed by atoms with Gasteiger partial charge in [-0.3, -0.25) is 9.69 Å². The van der Waals surface area contributed by atoms with Crippen molar-refractivity contribution >= 4 is 12.0 Å². The molecule has 0 radical (unpaired) electrons. The van der Waals surface area contributed by atoms with Crippen LogP contribution in [0.4, 0.5) is 4.79 Å². The Bertz CT molecular complexity index is 385. The molecule has 1 aliphatic rings. The van der Waals surface area contributed by atoms with Gasteiger partial charge in [0.05, 0.1) is 6.54 Å². The largest absolute Gasteiger partial charge is 0.444 e. The van der Waals surface area contributed by atoms with Gasteiger partial charge in [0.2, 0.25) is 5.91 Å². The molecule has 1 rings (SSSR count). The molecule has 0 aromatic rings. The number of ether oxygens (including phenoxy) is 1. The first-order valence-corrected chi connectivity index (χ1v) is 6.30. The summed E-state index contributed by atoms with van der Waals surface area (Å²) < 4.78 is 5.30. The van der Waals surface area contributed by atoms with Crippen LogP contribution in [-0.4, -0.2) is 53.1 Å². The van der Waals surface area contributed by atoms with Crippen molar-refractivity contribution in [2.24, 2.45) is 0 Å². The van der Waals surface area contributed by atoms with Crippen molar-refractivity contribution < 1.29 is 14.3 Å². The molecule has 1 atom stereocenters. The number of nitrogens with zero attached hydrogens (tertiary/aromatic N) is 2. The van der Waals surface area contributed by atoms with E-state index in [1.54, 1.807) is 37.8 Å². The molecular weight excluding hydrogens is 244 g/mol. The molecule has 106 valence electrons. The van der Waals surface area contributed by atoms with Gasteiger partial charge >= 0.3 is 6.09 Å². The topological polar surface area (TPSA) is 49.9 Å². The molecule has 0 aromatic heterocycles. The molecule has 0 N–H and O–H groups in total. The van der Waals surface area contributed by atoms with E-state index in [1.165, 1.54) is 4.90 Å². The minimum Gasteiger partial charge on any atom is -0.444 e. The van der Waals surface area contributed by atoms with Crippen molar-refractivity contribution in [2.75, 3.05) is 19.6 Å². The van der Waals surface area contributed by atoms with Crippen LogP contribution in [0.25, 0.3) is 0 Å². The van der Waals surface area contributed by atoms with Crippen LogP contribution in [0.1, 0.15) is 20.8 Å². The van der Waals surface area contributed by atoms with E-state index in [2.05, 4.69) is 13.2 Å². The zero-order valence-corrected chi connectivity index (χ0v) is 11.9. The molecule has 0 spiro atoms. The maximum atomic E-state index is 12.1. The minimum absolute atomic E-state index is 0.0763. The lowest BCUT2D eigenvalue weighted by molar-refractivity contribution is -0.148. The first-order chi connectivity index (χ1) is 8.80. The van der Waals surface area contributed by atoms with Crippen molar-refractivity contribution in [3.63, 3.8) is 0 Å². The zero-order valence-electron chi connectivity index (χ0n) is 11.9. The van der Waals surface area contributed by atoms with Crippen LogP contribution in [0, 0.1) is 0 Å². The summed E-state index contributed by atoms with van der Waals surface area (Å²) in [7, 11) is 0. The number of amides is 2. The Hall–Kier alpha value is -1.78. The molecule has 0 saturated carbocycles. The molecule has 0 bridgehead atoms. The fourth-order valence-electron chi connectivity index (χ4n) is 1.82. The van der Waals surface area contributed by atoms with E-state index in [9.17, 15) is 9.59 Å². The van der Waals surface area contributed by atoms with Crippen molar-refractivity contribution in [2.45, 2.75) is 32.4 Å². The SMILES string of the molecule is C=CCN1C[C@H](N(CC=C)C(=O)OC(C)(C)C)C1=O. The second kappa shape index (κ2) is 5.91. The Morgan fingerprint density at radius 1 is 1.47 bits per heavy atom. The van der Waals surface area contributed by atoms with Gasteiger partial charge in [-0.15, -0.1) is 13.2 Å². The number of carbonyl (C=O) groups excluding carboxylic acids is 2. The fourth-order valence-corrected chi connectivity index (χ4v) is 1.82. The fraction of sp³-hybridized carbons (Fsp3) is 0.571. The second-order valence-corrected chi connectivity index (χ2v) is 5.47. The molecule has 19 heavy (non-hydrogen) atoms. The summed E-state index contributed by atoms with van der Waals surface area (Å²) in [6.07, 6.45) is 2.77. The molecule has 0 aromatic carbocycles. The standard InChI is InChI=1S/C14H22N2O3/c1-6-8-15-10-11(12(15)17)16(9-7-2)13(18)19-14(3,4)5/h6-7,11H,1-2,8-10H2,3-5H3/t11-/m0/s1. The summed E-state index contributed by atoms with van der Waals surface area (Å²) in [5.41, 5.74) is -0.579. The summed E-state index contributed by atoms with van der Waals surface area (Å²) in [5, 5.41) is 0. The van der Waals surface area contributed by atoms with Gasteiger partial charge < -0.3 is 9.64 Å². The number of hydrogen-bond acceptors (Lipinski definition) is 3. The number of rotatable bonds is 5.